The maximum Gasteiger partial charge on any atom is 0.408 e. The molecule has 9 heteroatoms. The van der Waals surface area contributed by atoms with Crippen LogP contribution in [-0.4, -0.2) is 52.1 Å². The number of alkyl carbamates (subject to hydrolysis) is 1. The lowest BCUT2D eigenvalue weighted by Gasteiger charge is -2.32. The number of nitrogens with one attached hydrogen (secondary N) is 1. The van der Waals surface area contributed by atoms with E-state index >= 15 is 0 Å². The topological polar surface area (TPSA) is 110 Å². The van der Waals surface area contributed by atoms with Gasteiger partial charge in [0, 0.05) is 18.7 Å². The molecular weight excluding hydrogens is 382 g/mol. The zero-order valence-corrected chi connectivity index (χ0v) is 17.8. The summed E-state index contributed by atoms with van der Waals surface area (Å²) < 4.78 is 5.14. The molecule has 28 heavy (non-hydrogen) atoms. The minimum Gasteiger partial charge on any atom is -0.444 e. The molecule has 0 aliphatic carbocycles. The number of aromatic nitrogens is 2. The van der Waals surface area contributed by atoms with Crippen LogP contribution >= 0.6 is 11.6 Å². The van der Waals surface area contributed by atoms with Crippen LogP contribution in [0, 0.1) is 12.8 Å². The molecule has 0 unspecified atom stereocenters. The number of carbonyl (C=O) groups is 2. The lowest BCUT2D eigenvalue weighted by molar-refractivity contribution is -0.131. The Bertz CT molecular complexity index is 689. The second kappa shape index (κ2) is 9.41. The third-order valence-corrected chi connectivity index (χ3v) is 4.97. The zero-order valence-electron chi connectivity index (χ0n) is 17.0. The number of likely N-dealkylation sites (tertiary alicyclic amines) is 1. The van der Waals surface area contributed by atoms with Gasteiger partial charge < -0.3 is 20.7 Å². The predicted octanol–water partition coefficient (Wildman–Crippen LogP) is 2.72. The standard InChI is InChI=1S/C19H30ClN5O3/c1-12-23-16(20)14(17(21)24-12)6-5-13-7-9-25(10-8-13)15(26)11-22-18(27)28-19(2,3)4/h13H,5-11H2,1-4H3,(H,22,27)(H2,21,23,24). The molecule has 0 bridgehead atoms. The molecule has 156 valence electrons. The van der Waals surface area contributed by atoms with Gasteiger partial charge in [0.25, 0.3) is 0 Å². The van der Waals surface area contributed by atoms with Crippen molar-refractivity contribution >= 4 is 29.4 Å². The van der Waals surface area contributed by atoms with E-state index in [1.807, 2.05) is 0 Å². The number of ether oxygens (including phenoxy) is 1. The fourth-order valence-electron chi connectivity index (χ4n) is 3.21. The monoisotopic (exact) mass is 411 g/mol. The van der Waals surface area contributed by atoms with Crippen LogP contribution in [0.25, 0.3) is 0 Å². The maximum absolute atomic E-state index is 12.3. The number of nitrogens with zero attached hydrogens (tertiary/aromatic N) is 3. The number of carbonyl (C=O) groups excluding carboxylic acids is 2. The summed E-state index contributed by atoms with van der Waals surface area (Å²) >= 11 is 6.19. The largest absolute Gasteiger partial charge is 0.444 e. The van der Waals surface area contributed by atoms with Gasteiger partial charge in [-0.2, -0.15) is 0 Å². The SMILES string of the molecule is Cc1nc(N)c(CCC2CCN(C(=O)CNC(=O)OC(C)(C)C)CC2)c(Cl)n1. The molecule has 1 saturated heterocycles. The van der Waals surface area contributed by atoms with E-state index in [9.17, 15) is 9.59 Å². The van der Waals surface area contributed by atoms with E-state index in [2.05, 4.69) is 15.3 Å². The number of rotatable bonds is 5. The van der Waals surface area contributed by atoms with Crippen LogP contribution in [0.15, 0.2) is 0 Å². The van der Waals surface area contributed by atoms with Crippen molar-refractivity contribution in [2.75, 3.05) is 25.4 Å². The van der Waals surface area contributed by atoms with E-state index in [4.69, 9.17) is 22.1 Å². The Morgan fingerprint density at radius 2 is 1.93 bits per heavy atom. The third kappa shape index (κ3) is 6.82. The molecule has 1 aromatic rings. The van der Waals surface area contributed by atoms with Gasteiger partial charge in [-0.15, -0.1) is 0 Å². The molecule has 8 nitrogen and oxygen atoms in total. The Balaban J connectivity index is 1.74. The van der Waals surface area contributed by atoms with Gasteiger partial charge in [0.05, 0.1) is 0 Å². The number of amides is 2. The molecule has 0 atom stereocenters. The summed E-state index contributed by atoms with van der Waals surface area (Å²) in [5.74, 6) is 1.40. The fourth-order valence-corrected chi connectivity index (χ4v) is 3.52. The summed E-state index contributed by atoms with van der Waals surface area (Å²) in [6, 6.07) is 0. The Kier molecular flexibility index (Phi) is 7.46. The highest BCUT2D eigenvalue weighted by Crippen LogP contribution is 2.26. The van der Waals surface area contributed by atoms with Gasteiger partial charge in [0.15, 0.2) is 0 Å². The number of nitrogens with two attached hydrogens (primary N) is 1. The molecule has 1 fully saturated rings. The van der Waals surface area contributed by atoms with Crippen molar-refractivity contribution in [2.24, 2.45) is 5.92 Å². The van der Waals surface area contributed by atoms with Gasteiger partial charge in [-0.25, -0.2) is 14.8 Å². The second-order valence-corrected chi connectivity index (χ2v) is 8.50. The normalized spacial score (nSPS) is 15.4. The summed E-state index contributed by atoms with van der Waals surface area (Å²) in [6.45, 7) is 8.40. The predicted molar refractivity (Wildman–Crippen MR) is 108 cm³/mol. The Morgan fingerprint density at radius 1 is 1.29 bits per heavy atom. The number of nitrogen functional groups attached to an aromatic ring is 1. The van der Waals surface area contributed by atoms with Gasteiger partial charge in [-0.3, -0.25) is 4.79 Å². The van der Waals surface area contributed by atoms with Crippen molar-refractivity contribution in [1.82, 2.24) is 20.2 Å². The van der Waals surface area contributed by atoms with Gasteiger partial charge in [0.1, 0.15) is 28.9 Å². The quantitative estimate of drug-likeness (QED) is 0.720. The van der Waals surface area contributed by atoms with Gasteiger partial charge in [0.2, 0.25) is 5.91 Å². The molecule has 1 aromatic heterocycles. The molecule has 0 spiro atoms. The van der Waals surface area contributed by atoms with Crippen LogP contribution in [0.5, 0.6) is 0 Å². The molecule has 2 heterocycles. The highest BCUT2D eigenvalue weighted by molar-refractivity contribution is 6.30. The fraction of sp³-hybridized carbons (Fsp3) is 0.684. The first-order valence-electron chi connectivity index (χ1n) is 9.58. The van der Waals surface area contributed by atoms with E-state index in [1.54, 1.807) is 32.6 Å². The highest BCUT2D eigenvalue weighted by atomic mass is 35.5. The lowest BCUT2D eigenvalue weighted by Crippen LogP contribution is -2.45. The van der Waals surface area contributed by atoms with Crippen LogP contribution in [0.1, 0.15) is 51.4 Å². The first-order chi connectivity index (χ1) is 13.0. The van der Waals surface area contributed by atoms with E-state index in [0.29, 0.717) is 35.8 Å². The molecular formula is C19H30ClN5O3. The molecule has 2 amide bonds. The lowest BCUT2D eigenvalue weighted by atomic mass is 9.91. The number of anilines is 1. The first kappa shape index (κ1) is 22.2. The number of piperidine rings is 1. The molecule has 1 aliphatic heterocycles. The molecule has 0 radical (unpaired) electrons. The van der Waals surface area contributed by atoms with Gasteiger partial charge in [-0.1, -0.05) is 11.6 Å². The Morgan fingerprint density at radius 3 is 2.50 bits per heavy atom. The smallest absolute Gasteiger partial charge is 0.408 e. The first-order valence-corrected chi connectivity index (χ1v) is 9.96. The average molecular weight is 412 g/mol. The van der Waals surface area contributed by atoms with Crippen molar-refractivity contribution in [2.45, 2.75) is 59.0 Å². The average Bonchev–Trinajstić information content (AvgIpc) is 2.58. The van der Waals surface area contributed by atoms with Crippen LogP contribution in [0.2, 0.25) is 5.15 Å². The Hall–Kier alpha value is -2.09. The highest BCUT2D eigenvalue weighted by Gasteiger charge is 2.24. The van der Waals surface area contributed by atoms with Gasteiger partial charge in [-0.05, 0) is 59.3 Å². The molecule has 0 aromatic carbocycles. The third-order valence-electron chi connectivity index (χ3n) is 4.65. The molecule has 3 N–H and O–H groups in total. The van der Waals surface area contributed by atoms with Crippen molar-refractivity contribution in [1.29, 1.82) is 0 Å². The summed E-state index contributed by atoms with van der Waals surface area (Å²) in [5, 5.41) is 2.94. The maximum atomic E-state index is 12.3. The summed E-state index contributed by atoms with van der Waals surface area (Å²) in [6.07, 6.45) is 2.88. The molecule has 1 aliphatic rings. The van der Waals surface area contributed by atoms with Crippen LogP contribution in [0.4, 0.5) is 10.6 Å². The zero-order chi connectivity index (χ0) is 20.9. The minimum absolute atomic E-state index is 0.0492. The van der Waals surface area contributed by atoms with E-state index in [1.165, 1.54) is 0 Å². The van der Waals surface area contributed by atoms with Crippen molar-refractivity contribution in [3.8, 4) is 0 Å². The Labute approximate surface area is 171 Å². The van der Waals surface area contributed by atoms with Crippen molar-refractivity contribution in [3.05, 3.63) is 16.5 Å². The van der Waals surface area contributed by atoms with Crippen LogP contribution < -0.4 is 11.1 Å². The van der Waals surface area contributed by atoms with Crippen molar-refractivity contribution in [3.63, 3.8) is 0 Å². The number of aryl methyl sites for hydroxylation is 1. The van der Waals surface area contributed by atoms with E-state index < -0.39 is 11.7 Å². The summed E-state index contributed by atoms with van der Waals surface area (Å²) in [5.41, 5.74) is 6.18. The number of hydrogen-bond acceptors (Lipinski definition) is 6. The second-order valence-electron chi connectivity index (χ2n) is 8.14. The summed E-state index contributed by atoms with van der Waals surface area (Å²) in [7, 11) is 0. The van der Waals surface area contributed by atoms with Gasteiger partial charge >= 0.3 is 6.09 Å². The number of halogens is 1. The van der Waals surface area contributed by atoms with Crippen molar-refractivity contribution < 1.29 is 14.3 Å². The minimum atomic E-state index is -0.583. The van der Waals surface area contributed by atoms with E-state index in [-0.39, 0.29) is 12.5 Å². The summed E-state index contributed by atoms with van der Waals surface area (Å²) in [4.78, 5) is 34.1. The van der Waals surface area contributed by atoms with Crippen LogP contribution in [-0.2, 0) is 16.0 Å². The molecule has 2 rings (SSSR count). The number of hydrogen-bond donors (Lipinski definition) is 2. The molecule has 0 saturated carbocycles. The van der Waals surface area contributed by atoms with E-state index in [0.717, 1.165) is 31.2 Å². The van der Waals surface area contributed by atoms with Crippen LogP contribution in [0.3, 0.4) is 0 Å².